The van der Waals surface area contributed by atoms with E-state index in [1.807, 2.05) is 31.3 Å². The highest BCUT2D eigenvalue weighted by Crippen LogP contribution is 2.25. The van der Waals surface area contributed by atoms with Crippen LogP contribution in [0.15, 0.2) is 42.5 Å². The molecule has 0 aliphatic carbocycles. The monoisotopic (exact) mass is 289 g/mol. The van der Waals surface area contributed by atoms with Crippen molar-refractivity contribution in [2.45, 2.75) is 19.9 Å². The van der Waals surface area contributed by atoms with Crippen LogP contribution in [-0.2, 0) is 0 Å². The molecule has 0 radical (unpaired) electrons. The Kier molecular flexibility index (Phi) is 5.05. The van der Waals surface area contributed by atoms with Gasteiger partial charge in [-0.2, -0.15) is 0 Å². The average molecular weight is 290 g/mol. The maximum absolute atomic E-state index is 6.10. The molecule has 1 unspecified atom stereocenters. The SMILES string of the molecule is CNC(COc1ccccc1Cl)c1cc(C)cc(C)c1. The van der Waals surface area contributed by atoms with Gasteiger partial charge in [0.2, 0.25) is 0 Å². The Labute approximate surface area is 125 Å². The Bertz CT molecular complexity index is 563. The molecule has 0 heterocycles. The Balaban J connectivity index is 2.11. The fourth-order valence-corrected chi connectivity index (χ4v) is 2.48. The number of hydrogen-bond acceptors (Lipinski definition) is 2. The lowest BCUT2D eigenvalue weighted by Crippen LogP contribution is -2.23. The van der Waals surface area contributed by atoms with Crippen LogP contribution in [0, 0.1) is 13.8 Å². The number of para-hydroxylation sites is 1. The molecule has 0 aliphatic rings. The molecule has 106 valence electrons. The van der Waals surface area contributed by atoms with Crippen LogP contribution < -0.4 is 10.1 Å². The molecule has 20 heavy (non-hydrogen) atoms. The third-order valence-electron chi connectivity index (χ3n) is 3.24. The van der Waals surface area contributed by atoms with Gasteiger partial charge in [-0.25, -0.2) is 0 Å². The summed E-state index contributed by atoms with van der Waals surface area (Å²) in [5.74, 6) is 0.721. The van der Waals surface area contributed by atoms with Crippen LogP contribution in [0.25, 0.3) is 0 Å². The molecule has 2 rings (SSSR count). The molecule has 1 N–H and O–H groups in total. The topological polar surface area (TPSA) is 21.3 Å². The first-order valence-corrected chi connectivity index (χ1v) is 7.10. The molecule has 0 saturated heterocycles. The molecule has 2 aromatic rings. The lowest BCUT2D eigenvalue weighted by molar-refractivity contribution is 0.273. The number of ether oxygens (including phenoxy) is 1. The van der Waals surface area contributed by atoms with Crippen LogP contribution in [0.5, 0.6) is 5.75 Å². The first kappa shape index (κ1) is 14.9. The molecular formula is C17H20ClNO. The molecule has 2 aromatic carbocycles. The maximum atomic E-state index is 6.10. The van der Waals surface area contributed by atoms with E-state index in [2.05, 4.69) is 37.4 Å². The largest absolute Gasteiger partial charge is 0.490 e. The second-order valence-electron chi connectivity index (χ2n) is 5.00. The smallest absolute Gasteiger partial charge is 0.137 e. The zero-order valence-electron chi connectivity index (χ0n) is 12.1. The van der Waals surface area contributed by atoms with Gasteiger partial charge in [-0.3, -0.25) is 0 Å². The summed E-state index contributed by atoms with van der Waals surface area (Å²) in [4.78, 5) is 0. The summed E-state index contributed by atoms with van der Waals surface area (Å²) in [6.45, 7) is 4.76. The second-order valence-corrected chi connectivity index (χ2v) is 5.41. The Morgan fingerprint density at radius 2 is 1.75 bits per heavy atom. The van der Waals surface area contributed by atoms with E-state index in [-0.39, 0.29) is 6.04 Å². The van der Waals surface area contributed by atoms with E-state index >= 15 is 0 Å². The van der Waals surface area contributed by atoms with Gasteiger partial charge in [0, 0.05) is 0 Å². The van der Waals surface area contributed by atoms with Gasteiger partial charge in [-0.1, -0.05) is 53.1 Å². The minimum absolute atomic E-state index is 0.143. The molecule has 0 amide bonds. The highest BCUT2D eigenvalue weighted by molar-refractivity contribution is 6.32. The van der Waals surface area contributed by atoms with Crippen molar-refractivity contribution in [3.63, 3.8) is 0 Å². The molecule has 0 spiro atoms. The van der Waals surface area contributed by atoms with Gasteiger partial charge in [0.05, 0.1) is 11.1 Å². The predicted molar refractivity (Wildman–Crippen MR) is 84.7 cm³/mol. The van der Waals surface area contributed by atoms with Crippen molar-refractivity contribution in [2.75, 3.05) is 13.7 Å². The molecule has 2 nitrogen and oxygen atoms in total. The van der Waals surface area contributed by atoms with Crippen LogP contribution in [0.2, 0.25) is 5.02 Å². The third kappa shape index (κ3) is 3.75. The zero-order valence-corrected chi connectivity index (χ0v) is 12.9. The normalized spacial score (nSPS) is 12.2. The predicted octanol–water partition coefficient (Wildman–Crippen LogP) is 4.30. The molecule has 1 atom stereocenters. The second kappa shape index (κ2) is 6.78. The van der Waals surface area contributed by atoms with Crippen molar-refractivity contribution in [3.8, 4) is 5.75 Å². The molecule has 0 bridgehead atoms. The van der Waals surface area contributed by atoms with Crippen LogP contribution in [0.3, 0.4) is 0 Å². The van der Waals surface area contributed by atoms with E-state index in [1.54, 1.807) is 0 Å². The Hall–Kier alpha value is -1.51. The fourth-order valence-electron chi connectivity index (χ4n) is 2.29. The van der Waals surface area contributed by atoms with E-state index in [1.165, 1.54) is 16.7 Å². The quantitative estimate of drug-likeness (QED) is 0.886. The molecule has 3 heteroatoms. The van der Waals surface area contributed by atoms with Crippen molar-refractivity contribution in [2.24, 2.45) is 0 Å². The van der Waals surface area contributed by atoms with Gasteiger partial charge in [0.25, 0.3) is 0 Å². The van der Waals surface area contributed by atoms with Gasteiger partial charge in [-0.05, 0) is 38.6 Å². The molecule has 0 saturated carbocycles. The van der Waals surface area contributed by atoms with Crippen LogP contribution in [-0.4, -0.2) is 13.7 Å². The van der Waals surface area contributed by atoms with E-state index < -0.39 is 0 Å². The van der Waals surface area contributed by atoms with Gasteiger partial charge in [-0.15, -0.1) is 0 Å². The number of aryl methyl sites for hydroxylation is 2. The standard InChI is InChI=1S/C17H20ClNO/c1-12-8-13(2)10-14(9-12)16(19-3)11-20-17-7-5-4-6-15(17)18/h4-10,16,19H,11H2,1-3H3. The first-order chi connectivity index (χ1) is 9.60. The van der Waals surface area contributed by atoms with Crippen LogP contribution >= 0.6 is 11.6 Å². The summed E-state index contributed by atoms with van der Waals surface area (Å²) in [5.41, 5.74) is 3.76. The zero-order chi connectivity index (χ0) is 14.5. The van der Waals surface area contributed by atoms with Crippen molar-refractivity contribution in [3.05, 3.63) is 64.2 Å². The molecule has 0 aromatic heterocycles. The highest BCUT2D eigenvalue weighted by atomic mass is 35.5. The summed E-state index contributed by atoms with van der Waals surface area (Å²) in [5, 5.41) is 3.94. The van der Waals surface area contributed by atoms with E-state index in [9.17, 15) is 0 Å². The maximum Gasteiger partial charge on any atom is 0.137 e. The summed E-state index contributed by atoms with van der Waals surface area (Å²) in [7, 11) is 1.94. The van der Waals surface area contributed by atoms with E-state index in [0.29, 0.717) is 11.6 Å². The summed E-state index contributed by atoms with van der Waals surface area (Å²) in [6.07, 6.45) is 0. The van der Waals surface area contributed by atoms with Crippen LogP contribution in [0.1, 0.15) is 22.7 Å². The number of nitrogens with one attached hydrogen (secondary N) is 1. The Morgan fingerprint density at radius 3 is 2.35 bits per heavy atom. The number of likely N-dealkylation sites (N-methyl/N-ethyl adjacent to an activating group) is 1. The van der Waals surface area contributed by atoms with E-state index in [0.717, 1.165) is 5.75 Å². The van der Waals surface area contributed by atoms with Crippen LogP contribution in [0.4, 0.5) is 0 Å². The summed E-state index contributed by atoms with van der Waals surface area (Å²) in [6, 6.07) is 14.2. The number of rotatable bonds is 5. The summed E-state index contributed by atoms with van der Waals surface area (Å²) < 4.78 is 5.83. The highest BCUT2D eigenvalue weighted by Gasteiger charge is 2.12. The van der Waals surface area contributed by atoms with Crippen molar-refractivity contribution >= 4 is 11.6 Å². The minimum atomic E-state index is 0.143. The van der Waals surface area contributed by atoms with Gasteiger partial charge >= 0.3 is 0 Å². The van der Waals surface area contributed by atoms with Gasteiger partial charge in [0.15, 0.2) is 0 Å². The van der Waals surface area contributed by atoms with Gasteiger partial charge in [0.1, 0.15) is 12.4 Å². The van der Waals surface area contributed by atoms with Crippen molar-refractivity contribution in [1.82, 2.24) is 5.32 Å². The lowest BCUT2D eigenvalue weighted by atomic mass is 10.0. The molecule has 0 aliphatic heterocycles. The lowest BCUT2D eigenvalue weighted by Gasteiger charge is -2.19. The van der Waals surface area contributed by atoms with Gasteiger partial charge < -0.3 is 10.1 Å². The number of hydrogen-bond donors (Lipinski definition) is 1. The molecule has 0 fully saturated rings. The van der Waals surface area contributed by atoms with E-state index in [4.69, 9.17) is 16.3 Å². The fraction of sp³-hybridized carbons (Fsp3) is 0.294. The molecular weight excluding hydrogens is 270 g/mol. The number of halogens is 1. The number of benzene rings is 2. The minimum Gasteiger partial charge on any atom is -0.490 e. The Morgan fingerprint density at radius 1 is 1.10 bits per heavy atom. The van der Waals surface area contributed by atoms with Crippen molar-refractivity contribution < 1.29 is 4.74 Å². The average Bonchev–Trinajstić information content (AvgIpc) is 2.40. The third-order valence-corrected chi connectivity index (χ3v) is 3.55. The summed E-state index contributed by atoms with van der Waals surface area (Å²) >= 11 is 6.10. The van der Waals surface area contributed by atoms with Crippen molar-refractivity contribution in [1.29, 1.82) is 0 Å². The first-order valence-electron chi connectivity index (χ1n) is 6.73.